The molecule has 0 N–H and O–H groups in total. The maximum absolute atomic E-state index is 10.8. The van der Waals surface area contributed by atoms with Gasteiger partial charge in [-0.1, -0.05) is 132 Å². The van der Waals surface area contributed by atoms with Gasteiger partial charge in [0.1, 0.15) is 17.3 Å². The standard InChI is InChI=1S/C11H22O.C8H18.C7H14O.C6H12O.CH4/c1-9(12)7-8-11(5,6)10(2,3)4;1-7(2,3)8(4,5)6;1-5-6(8)7(2,3)4;1-5(7)6(2,3)4;/h7-8H2,1-6H3;1-6H3;5H2,1-4H3;1-4H3;1H4. The van der Waals surface area contributed by atoms with Crippen LogP contribution in [-0.2, 0) is 14.4 Å². The van der Waals surface area contributed by atoms with Crippen LogP contribution >= 0.6 is 0 Å². The minimum absolute atomic E-state index is 0. The van der Waals surface area contributed by atoms with E-state index in [4.69, 9.17) is 0 Å². The fourth-order valence-electron chi connectivity index (χ4n) is 1.39. The maximum Gasteiger partial charge on any atom is 0.137 e. The summed E-state index contributed by atoms with van der Waals surface area (Å²) in [5, 5.41) is 0. The molecule has 0 aromatic rings. The predicted molar refractivity (Wildman–Crippen MR) is 164 cm³/mol. The number of hydrogen-bond donors (Lipinski definition) is 0. The van der Waals surface area contributed by atoms with Crippen LogP contribution in [-0.4, -0.2) is 17.3 Å². The number of carbonyl (C=O) groups excluding carboxylic acids is 3. The lowest BCUT2D eigenvalue weighted by Gasteiger charge is -2.38. The lowest BCUT2D eigenvalue weighted by atomic mass is 9.67. The quantitative estimate of drug-likeness (QED) is 0.375. The first kappa shape index (κ1) is 45.0. The molecule has 0 radical (unpaired) electrons. The van der Waals surface area contributed by atoms with Crippen molar-refractivity contribution in [3.05, 3.63) is 0 Å². The van der Waals surface area contributed by atoms with Crippen molar-refractivity contribution >= 4 is 17.3 Å². The van der Waals surface area contributed by atoms with E-state index in [1.807, 2.05) is 48.5 Å². The minimum atomic E-state index is -0.139. The Hall–Kier alpha value is -0.990. The van der Waals surface area contributed by atoms with Crippen molar-refractivity contribution < 1.29 is 14.4 Å². The van der Waals surface area contributed by atoms with Gasteiger partial charge in [-0.3, -0.25) is 9.59 Å². The highest BCUT2D eigenvalue weighted by Crippen LogP contribution is 2.41. The summed E-state index contributed by atoms with van der Waals surface area (Å²) in [6.07, 6.45) is 2.36. The summed E-state index contributed by atoms with van der Waals surface area (Å²) in [7, 11) is 0. The average molecular weight is 515 g/mol. The number of carbonyl (C=O) groups is 3. The zero-order chi connectivity index (χ0) is 29.9. The van der Waals surface area contributed by atoms with Crippen molar-refractivity contribution in [1.29, 1.82) is 0 Å². The topological polar surface area (TPSA) is 51.2 Å². The van der Waals surface area contributed by atoms with Crippen molar-refractivity contribution in [3.63, 3.8) is 0 Å². The van der Waals surface area contributed by atoms with Crippen LogP contribution in [0.4, 0.5) is 0 Å². The molecule has 0 amide bonds. The zero-order valence-corrected chi connectivity index (χ0v) is 27.8. The van der Waals surface area contributed by atoms with Gasteiger partial charge < -0.3 is 4.79 Å². The molecule has 0 spiro atoms. The van der Waals surface area contributed by atoms with E-state index in [-0.39, 0.29) is 34.9 Å². The normalized spacial score (nSPS) is 12.3. The SMILES string of the molecule is C.CC(=O)C(C)(C)C.CC(=O)CCC(C)(C)C(C)(C)C.CC(C)(C)C(C)(C)C.CCC(=O)C(C)(C)C. The molecule has 0 aliphatic carbocycles. The molecule has 0 fully saturated rings. The van der Waals surface area contributed by atoms with Crippen LogP contribution in [0, 0.1) is 32.5 Å². The van der Waals surface area contributed by atoms with E-state index < -0.39 is 0 Å². The van der Waals surface area contributed by atoms with Gasteiger partial charge in [0.05, 0.1) is 0 Å². The lowest BCUT2D eigenvalue weighted by Crippen LogP contribution is -2.29. The van der Waals surface area contributed by atoms with Crippen LogP contribution in [0.1, 0.15) is 165 Å². The van der Waals surface area contributed by atoms with Gasteiger partial charge in [-0.15, -0.1) is 0 Å². The molecule has 0 bridgehead atoms. The smallest absolute Gasteiger partial charge is 0.137 e. The molecule has 3 heteroatoms. The molecule has 0 saturated carbocycles. The highest BCUT2D eigenvalue weighted by molar-refractivity contribution is 5.83. The highest BCUT2D eigenvalue weighted by Gasteiger charge is 2.32. The molecular formula is C33H70O3. The Morgan fingerprint density at radius 1 is 0.528 bits per heavy atom. The Balaban J connectivity index is -0.000000120. The van der Waals surface area contributed by atoms with Gasteiger partial charge >= 0.3 is 0 Å². The first-order valence-electron chi connectivity index (χ1n) is 13.4. The maximum atomic E-state index is 10.8. The van der Waals surface area contributed by atoms with Crippen LogP contribution < -0.4 is 0 Å². The van der Waals surface area contributed by atoms with Gasteiger partial charge in [-0.25, -0.2) is 0 Å². The van der Waals surface area contributed by atoms with E-state index in [0.29, 0.717) is 35.2 Å². The Morgan fingerprint density at radius 3 is 0.889 bits per heavy atom. The molecule has 0 rings (SSSR count). The van der Waals surface area contributed by atoms with E-state index >= 15 is 0 Å². The van der Waals surface area contributed by atoms with Crippen LogP contribution in [0.15, 0.2) is 0 Å². The largest absolute Gasteiger partial charge is 0.300 e. The van der Waals surface area contributed by atoms with Crippen molar-refractivity contribution in [2.75, 3.05) is 0 Å². The van der Waals surface area contributed by atoms with Gasteiger partial charge in [-0.05, 0) is 41.9 Å². The summed E-state index contributed by atoms with van der Waals surface area (Å²) in [5.41, 5.74) is 1.13. The zero-order valence-electron chi connectivity index (χ0n) is 27.8. The monoisotopic (exact) mass is 515 g/mol. The van der Waals surface area contributed by atoms with Gasteiger partial charge in [0.2, 0.25) is 0 Å². The molecule has 0 aromatic heterocycles. The van der Waals surface area contributed by atoms with E-state index in [9.17, 15) is 14.4 Å². The minimum Gasteiger partial charge on any atom is -0.300 e. The lowest BCUT2D eigenvalue weighted by molar-refractivity contribution is -0.126. The molecule has 0 aromatic carbocycles. The van der Waals surface area contributed by atoms with Gasteiger partial charge in [0.25, 0.3) is 0 Å². The number of hydrogen-bond acceptors (Lipinski definition) is 3. The first-order valence-corrected chi connectivity index (χ1v) is 13.4. The van der Waals surface area contributed by atoms with Crippen molar-refractivity contribution in [3.8, 4) is 0 Å². The molecule has 3 nitrogen and oxygen atoms in total. The Labute approximate surface area is 229 Å². The molecule has 0 saturated heterocycles. The van der Waals surface area contributed by atoms with E-state index in [2.05, 4.69) is 76.2 Å². The highest BCUT2D eigenvalue weighted by atomic mass is 16.1. The van der Waals surface area contributed by atoms with E-state index in [1.54, 1.807) is 13.8 Å². The molecule has 0 aliphatic rings. The molecule has 0 heterocycles. The third kappa shape index (κ3) is 24.7. The summed E-state index contributed by atoms with van der Waals surface area (Å²) in [6.45, 7) is 41.5. The molecule has 220 valence electrons. The van der Waals surface area contributed by atoms with E-state index in [1.165, 1.54) is 0 Å². The van der Waals surface area contributed by atoms with E-state index in [0.717, 1.165) is 6.42 Å². The Morgan fingerprint density at radius 2 is 0.806 bits per heavy atom. The molecule has 0 atom stereocenters. The Bertz CT molecular complexity index is 604. The summed E-state index contributed by atoms with van der Waals surface area (Å²) in [5.74, 6) is 0.873. The third-order valence-corrected chi connectivity index (χ3v) is 7.60. The second kappa shape index (κ2) is 16.8. The van der Waals surface area contributed by atoms with Crippen LogP contribution in [0.5, 0.6) is 0 Å². The van der Waals surface area contributed by atoms with Crippen LogP contribution in [0.25, 0.3) is 0 Å². The number of ketones is 3. The number of Topliss-reactive ketones (excluding diaryl/α,β-unsaturated/α-hetero) is 3. The van der Waals surface area contributed by atoms with Crippen molar-refractivity contribution in [1.82, 2.24) is 0 Å². The average Bonchev–Trinajstić information content (AvgIpc) is 2.56. The Kier molecular flexibility index (Phi) is 20.9. The number of rotatable bonds is 4. The molecular weight excluding hydrogens is 444 g/mol. The van der Waals surface area contributed by atoms with Crippen LogP contribution in [0.3, 0.4) is 0 Å². The first-order chi connectivity index (χ1) is 14.8. The van der Waals surface area contributed by atoms with Crippen molar-refractivity contribution in [2.24, 2.45) is 32.5 Å². The van der Waals surface area contributed by atoms with Crippen LogP contribution in [0.2, 0.25) is 0 Å². The third-order valence-electron chi connectivity index (χ3n) is 7.60. The summed E-state index contributed by atoms with van der Waals surface area (Å²) >= 11 is 0. The molecule has 0 unspecified atom stereocenters. The molecule has 36 heavy (non-hydrogen) atoms. The van der Waals surface area contributed by atoms with Crippen molar-refractivity contribution in [2.45, 2.75) is 165 Å². The summed E-state index contributed by atoms with van der Waals surface area (Å²) in [4.78, 5) is 32.1. The summed E-state index contributed by atoms with van der Waals surface area (Å²) in [6, 6.07) is 0. The van der Waals surface area contributed by atoms with Gasteiger partial charge in [-0.2, -0.15) is 0 Å². The second-order valence-electron chi connectivity index (χ2n) is 15.7. The van der Waals surface area contributed by atoms with Gasteiger partial charge in [0, 0.05) is 23.7 Å². The fourth-order valence-corrected chi connectivity index (χ4v) is 1.39. The summed E-state index contributed by atoms with van der Waals surface area (Å²) < 4.78 is 0. The second-order valence-corrected chi connectivity index (χ2v) is 15.7. The molecule has 0 aliphatic heterocycles. The fraction of sp³-hybridized carbons (Fsp3) is 0.909. The van der Waals surface area contributed by atoms with Gasteiger partial charge in [0.15, 0.2) is 0 Å². The predicted octanol–water partition coefficient (Wildman–Crippen LogP) is 10.8.